The number of thiophene rings is 1. The lowest BCUT2D eigenvalue weighted by Crippen LogP contribution is -2.24. The summed E-state index contributed by atoms with van der Waals surface area (Å²) in [6.07, 6.45) is 1.34. The summed E-state index contributed by atoms with van der Waals surface area (Å²) in [5, 5.41) is 5.51. The first-order chi connectivity index (χ1) is 7.28. The van der Waals surface area contributed by atoms with Crippen LogP contribution in [0.25, 0.3) is 0 Å². The van der Waals surface area contributed by atoms with Crippen LogP contribution in [-0.2, 0) is 6.54 Å². The highest BCUT2D eigenvalue weighted by Gasteiger charge is 2.21. The quantitative estimate of drug-likeness (QED) is 0.915. The monoisotopic (exact) mass is 324 g/mol. The van der Waals surface area contributed by atoms with Crippen LogP contribution in [0.2, 0.25) is 0 Å². The second-order valence-corrected chi connectivity index (χ2v) is 6.50. The number of nitrogens with one attached hydrogen (secondary N) is 1. The Morgan fingerprint density at radius 2 is 2.44 bits per heavy atom. The van der Waals surface area contributed by atoms with Crippen molar-refractivity contribution in [2.45, 2.75) is 13.0 Å². The topological polar surface area (TPSA) is 15.3 Å². The van der Waals surface area contributed by atoms with Crippen molar-refractivity contribution in [2.75, 3.05) is 26.7 Å². The van der Waals surface area contributed by atoms with Gasteiger partial charge in [0.05, 0.1) is 3.79 Å². The minimum Gasteiger partial charge on any atom is -0.319 e. The number of hydrogen-bond acceptors (Lipinski definition) is 3. The first-order valence-electron chi connectivity index (χ1n) is 5.38. The van der Waals surface area contributed by atoms with Gasteiger partial charge in [-0.1, -0.05) is 0 Å². The lowest BCUT2D eigenvalue weighted by Gasteiger charge is -2.14. The van der Waals surface area contributed by atoms with Gasteiger partial charge in [-0.25, -0.2) is 0 Å². The highest BCUT2D eigenvalue weighted by atomic mass is 79.9. The van der Waals surface area contributed by atoms with Crippen LogP contribution in [0.3, 0.4) is 0 Å². The van der Waals surface area contributed by atoms with Crippen LogP contribution in [0.5, 0.6) is 0 Å². The second-order valence-electron chi connectivity index (χ2n) is 4.21. The number of likely N-dealkylation sites (tertiary alicyclic amines) is 1. The molecule has 2 heterocycles. The van der Waals surface area contributed by atoms with E-state index in [1.54, 1.807) is 11.3 Å². The number of nitrogens with zero attached hydrogens (tertiary/aromatic N) is 1. The fraction of sp³-hybridized carbons (Fsp3) is 0.636. The van der Waals surface area contributed by atoms with Gasteiger partial charge >= 0.3 is 0 Å². The van der Waals surface area contributed by atoms with Crippen LogP contribution in [0.1, 0.15) is 12.0 Å². The van der Waals surface area contributed by atoms with Crippen LogP contribution < -0.4 is 5.32 Å². The van der Waals surface area contributed by atoms with Crippen LogP contribution in [-0.4, -0.2) is 31.6 Å². The predicted molar refractivity (Wildman–Crippen MR) is 76.6 cm³/mol. The fourth-order valence-corrected chi connectivity index (χ4v) is 3.40. The van der Waals surface area contributed by atoms with Crippen LogP contribution in [0, 0.1) is 5.92 Å². The number of halogens is 2. The first-order valence-corrected chi connectivity index (χ1v) is 7.05. The average Bonchev–Trinajstić information content (AvgIpc) is 2.78. The van der Waals surface area contributed by atoms with E-state index in [9.17, 15) is 0 Å². The highest BCUT2D eigenvalue weighted by Crippen LogP contribution is 2.24. The number of rotatable bonds is 4. The van der Waals surface area contributed by atoms with Gasteiger partial charge in [-0.3, -0.25) is 4.90 Å². The molecule has 92 valence electrons. The zero-order valence-electron chi connectivity index (χ0n) is 9.41. The van der Waals surface area contributed by atoms with E-state index in [0.717, 1.165) is 19.0 Å². The Labute approximate surface area is 116 Å². The van der Waals surface area contributed by atoms with Gasteiger partial charge in [-0.05, 0) is 65.4 Å². The van der Waals surface area contributed by atoms with E-state index in [-0.39, 0.29) is 12.4 Å². The van der Waals surface area contributed by atoms with E-state index in [2.05, 4.69) is 37.6 Å². The third kappa shape index (κ3) is 4.00. The molecule has 1 fully saturated rings. The van der Waals surface area contributed by atoms with Gasteiger partial charge in [0.15, 0.2) is 0 Å². The van der Waals surface area contributed by atoms with E-state index >= 15 is 0 Å². The Bertz CT molecular complexity index is 319. The molecule has 0 radical (unpaired) electrons. The summed E-state index contributed by atoms with van der Waals surface area (Å²) in [6, 6.07) is 2.23. The molecule has 0 bridgehead atoms. The zero-order valence-corrected chi connectivity index (χ0v) is 12.6. The Hall–Kier alpha value is 0.390. The molecule has 0 spiro atoms. The van der Waals surface area contributed by atoms with E-state index in [4.69, 9.17) is 0 Å². The third-order valence-corrected chi connectivity index (χ3v) is 4.44. The molecule has 1 unspecified atom stereocenters. The molecule has 1 N–H and O–H groups in total. The summed E-state index contributed by atoms with van der Waals surface area (Å²) in [6.45, 7) is 4.76. The minimum absolute atomic E-state index is 0. The lowest BCUT2D eigenvalue weighted by atomic mass is 10.1. The summed E-state index contributed by atoms with van der Waals surface area (Å²) < 4.78 is 1.24. The smallest absolute Gasteiger partial charge is 0.0701 e. The Balaban J connectivity index is 0.00000128. The van der Waals surface area contributed by atoms with Gasteiger partial charge < -0.3 is 5.32 Å². The maximum atomic E-state index is 3.51. The van der Waals surface area contributed by atoms with Crippen molar-refractivity contribution in [1.29, 1.82) is 0 Å². The Kier molecular flexibility index (Phi) is 6.29. The number of hydrogen-bond donors (Lipinski definition) is 1. The van der Waals surface area contributed by atoms with Crippen molar-refractivity contribution < 1.29 is 0 Å². The van der Waals surface area contributed by atoms with Crippen LogP contribution >= 0.6 is 39.7 Å². The van der Waals surface area contributed by atoms with Crippen molar-refractivity contribution in [1.82, 2.24) is 10.2 Å². The third-order valence-electron chi connectivity index (χ3n) is 2.89. The molecule has 0 amide bonds. The maximum Gasteiger partial charge on any atom is 0.0701 e. The molecule has 5 heteroatoms. The normalized spacial score (nSPS) is 21.0. The van der Waals surface area contributed by atoms with Gasteiger partial charge in [-0.2, -0.15) is 0 Å². The lowest BCUT2D eigenvalue weighted by molar-refractivity contribution is 0.316. The van der Waals surface area contributed by atoms with Crippen molar-refractivity contribution in [3.63, 3.8) is 0 Å². The molecular weight excluding hydrogens is 308 g/mol. The fourth-order valence-electron chi connectivity index (χ4n) is 2.20. The SMILES string of the molecule is CNCC1CCN(Cc2csc(Br)c2)C1.Cl. The molecule has 1 aliphatic rings. The highest BCUT2D eigenvalue weighted by molar-refractivity contribution is 9.11. The van der Waals surface area contributed by atoms with E-state index < -0.39 is 0 Å². The molecule has 1 aliphatic heterocycles. The molecule has 0 aromatic carbocycles. The molecule has 2 rings (SSSR count). The van der Waals surface area contributed by atoms with Crippen molar-refractivity contribution in [2.24, 2.45) is 5.92 Å². The summed E-state index contributed by atoms with van der Waals surface area (Å²) >= 11 is 5.28. The molecule has 1 atom stereocenters. The van der Waals surface area contributed by atoms with E-state index in [0.29, 0.717) is 0 Å². The summed E-state index contributed by atoms with van der Waals surface area (Å²) in [5.41, 5.74) is 1.44. The van der Waals surface area contributed by atoms with Gasteiger partial charge in [-0.15, -0.1) is 23.7 Å². The summed E-state index contributed by atoms with van der Waals surface area (Å²) in [4.78, 5) is 2.55. The average molecular weight is 326 g/mol. The van der Waals surface area contributed by atoms with Crippen molar-refractivity contribution >= 4 is 39.7 Å². The van der Waals surface area contributed by atoms with E-state index in [1.807, 2.05) is 7.05 Å². The molecule has 1 saturated heterocycles. The Morgan fingerprint density at radius 3 is 3.06 bits per heavy atom. The summed E-state index contributed by atoms with van der Waals surface area (Å²) in [5.74, 6) is 0.845. The maximum absolute atomic E-state index is 3.51. The van der Waals surface area contributed by atoms with Crippen molar-refractivity contribution in [3.8, 4) is 0 Å². The van der Waals surface area contributed by atoms with Gasteiger partial charge in [0.25, 0.3) is 0 Å². The second kappa shape index (κ2) is 6.97. The largest absolute Gasteiger partial charge is 0.319 e. The molecule has 1 aromatic heterocycles. The Morgan fingerprint density at radius 1 is 1.62 bits per heavy atom. The van der Waals surface area contributed by atoms with Crippen LogP contribution in [0.15, 0.2) is 15.2 Å². The molecule has 16 heavy (non-hydrogen) atoms. The van der Waals surface area contributed by atoms with Gasteiger partial charge in [0.2, 0.25) is 0 Å². The molecule has 0 aliphatic carbocycles. The predicted octanol–water partition coefficient (Wildman–Crippen LogP) is 2.97. The minimum atomic E-state index is 0. The van der Waals surface area contributed by atoms with Gasteiger partial charge in [0.1, 0.15) is 0 Å². The molecule has 2 nitrogen and oxygen atoms in total. The summed E-state index contributed by atoms with van der Waals surface area (Å²) in [7, 11) is 2.04. The molecule has 0 saturated carbocycles. The van der Waals surface area contributed by atoms with Crippen molar-refractivity contribution in [3.05, 3.63) is 20.8 Å². The zero-order chi connectivity index (χ0) is 10.7. The van der Waals surface area contributed by atoms with E-state index in [1.165, 1.54) is 28.9 Å². The first kappa shape index (κ1) is 14.5. The molecular formula is C11H18BrClN2S. The standard InChI is InChI=1S/C11H17BrN2S.ClH/c1-13-5-9-2-3-14(6-9)7-10-4-11(12)15-8-10;/h4,8-9,13H,2-3,5-7H2,1H3;1H. The molecule has 1 aromatic rings. The van der Waals surface area contributed by atoms with Gasteiger partial charge in [0, 0.05) is 13.1 Å². The van der Waals surface area contributed by atoms with Crippen LogP contribution in [0.4, 0.5) is 0 Å².